The van der Waals surface area contributed by atoms with E-state index < -0.39 is 0 Å². The molecule has 4 rings (SSSR count). The Kier molecular flexibility index (Phi) is 6.61. The van der Waals surface area contributed by atoms with Crippen LogP contribution in [-0.4, -0.2) is 31.5 Å². The maximum absolute atomic E-state index is 12.2. The van der Waals surface area contributed by atoms with Crippen molar-refractivity contribution in [3.8, 4) is 21.3 Å². The fraction of sp³-hybridized carbons (Fsp3) is 0.238. The van der Waals surface area contributed by atoms with Crippen LogP contribution in [-0.2, 0) is 22.7 Å². The molecule has 0 saturated carbocycles. The first kappa shape index (κ1) is 20.8. The summed E-state index contributed by atoms with van der Waals surface area (Å²) in [5, 5.41) is 14.1. The summed E-state index contributed by atoms with van der Waals surface area (Å²) in [6.45, 7) is 5.00. The third-order valence-corrected chi connectivity index (χ3v) is 7.07. The minimum absolute atomic E-state index is 0.169. The number of carbonyl (C=O) groups is 1. The standard InChI is InChI=1S/C21H20N4O2S3/c1-3-25-19(17-5-4-10-28-17)23-24-21(25)30-13-18(26)27-11-16-12-29-20(22-16)15-8-6-14(2)7-9-15/h4-10,12H,3,11,13H2,1-2H3. The highest BCUT2D eigenvalue weighted by Gasteiger charge is 2.16. The van der Waals surface area contributed by atoms with Crippen LogP contribution in [0.15, 0.2) is 52.3 Å². The number of hydrogen-bond donors (Lipinski definition) is 0. The highest BCUT2D eigenvalue weighted by Crippen LogP contribution is 2.27. The van der Waals surface area contributed by atoms with Crippen molar-refractivity contribution < 1.29 is 9.53 Å². The predicted octanol–water partition coefficient (Wildman–Crippen LogP) is 5.29. The minimum Gasteiger partial charge on any atom is -0.459 e. The highest BCUT2D eigenvalue weighted by molar-refractivity contribution is 7.99. The molecule has 0 radical (unpaired) electrons. The Morgan fingerprint density at radius 1 is 1.17 bits per heavy atom. The molecule has 0 aliphatic carbocycles. The molecule has 0 spiro atoms. The molecule has 154 valence electrons. The van der Waals surface area contributed by atoms with E-state index in [0.717, 1.165) is 33.5 Å². The van der Waals surface area contributed by atoms with Gasteiger partial charge in [0.2, 0.25) is 0 Å². The second-order valence-electron chi connectivity index (χ2n) is 6.49. The van der Waals surface area contributed by atoms with Crippen molar-refractivity contribution in [2.45, 2.75) is 32.2 Å². The van der Waals surface area contributed by atoms with Crippen molar-refractivity contribution in [2.24, 2.45) is 0 Å². The summed E-state index contributed by atoms with van der Waals surface area (Å²) in [4.78, 5) is 17.8. The van der Waals surface area contributed by atoms with Gasteiger partial charge in [0, 0.05) is 17.5 Å². The molecule has 0 unspecified atom stereocenters. The molecule has 30 heavy (non-hydrogen) atoms. The van der Waals surface area contributed by atoms with E-state index in [9.17, 15) is 4.79 Å². The summed E-state index contributed by atoms with van der Waals surface area (Å²) in [7, 11) is 0. The molecule has 0 atom stereocenters. The largest absolute Gasteiger partial charge is 0.459 e. The van der Waals surface area contributed by atoms with Crippen LogP contribution >= 0.6 is 34.4 Å². The second kappa shape index (κ2) is 9.55. The summed E-state index contributed by atoms with van der Waals surface area (Å²) in [5.41, 5.74) is 3.04. The normalized spacial score (nSPS) is 11.0. The molecule has 4 aromatic rings. The van der Waals surface area contributed by atoms with Crippen LogP contribution in [0.5, 0.6) is 0 Å². The first-order valence-corrected chi connectivity index (χ1v) is 12.2. The first-order chi connectivity index (χ1) is 14.6. The Morgan fingerprint density at radius 3 is 2.73 bits per heavy atom. The first-order valence-electron chi connectivity index (χ1n) is 9.41. The van der Waals surface area contributed by atoms with Crippen molar-refractivity contribution in [3.05, 3.63) is 58.4 Å². The Labute approximate surface area is 187 Å². The number of thioether (sulfide) groups is 1. The van der Waals surface area contributed by atoms with Gasteiger partial charge in [0.15, 0.2) is 11.0 Å². The van der Waals surface area contributed by atoms with Crippen LogP contribution in [0.4, 0.5) is 0 Å². The van der Waals surface area contributed by atoms with E-state index >= 15 is 0 Å². The van der Waals surface area contributed by atoms with Gasteiger partial charge < -0.3 is 9.30 Å². The van der Waals surface area contributed by atoms with Crippen LogP contribution in [0.2, 0.25) is 0 Å². The van der Waals surface area contributed by atoms with Crippen molar-refractivity contribution in [1.82, 2.24) is 19.7 Å². The Bertz CT molecular complexity index is 1120. The number of aryl methyl sites for hydroxylation is 1. The fourth-order valence-corrected chi connectivity index (χ4v) is 5.12. The number of benzene rings is 1. The summed E-state index contributed by atoms with van der Waals surface area (Å²) >= 11 is 4.51. The maximum atomic E-state index is 12.2. The molecule has 9 heteroatoms. The lowest BCUT2D eigenvalue weighted by Gasteiger charge is -2.06. The Morgan fingerprint density at radius 2 is 2.00 bits per heavy atom. The number of aromatic nitrogens is 4. The number of hydrogen-bond acceptors (Lipinski definition) is 8. The lowest BCUT2D eigenvalue weighted by Crippen LogP contribution is -2.08. The van der Waals surface area contributed by atoms with Gasteiger partial charge in [-0.25, -0.2) is 4.98 Å². The Balaban J connectivity index is 1.31. The molecule has 0 amide bonds. The van der Waals surface area contributed by atoms with Gasteiger partial charge in [0.25, 0.3) is 0 Å². The molecule has 0 fully saturated rings. The van der Waals surface area contributed by atoms with Gasteiger partial charge in [-0.3, -0.25) is 4.79 Å². The Hall–Kier alpha value is -2.49. The highest BCUT2D eigenvalue weighted by atomic mass is 32.2. The van der Waals surface area contributed by atoms with Gasteiger partial charge in [0.05, 0.1) is 16.3 Å². The summed E-state index contributed by atoms with van der Waals surface area (Å²) in [5.74, 6) is 0.708. The molecule has 0 aliphatic rings. The molecule has 1 aromatic carbocycles. The van der Waals surface area contributed by atoms with E-state index in [1.54, 1.807) is 22.7 Å². The number of nitrogens with zero attached hydrogens (tertiary/aromatic N) is 4. The van der Waals surface area contributed by atoms with Crippen molar-refractivity contribution in [2.75, 3.05) is 5.75 Å². The molecule has 6 nitrogen and oxygen atoms in total. The van der Waals surface area contributed by atoms with Crippen LogP contribution in [0, 0.1) is 6.92 Å². The minimum atomic E-state index is -0.298. The van der Waals surface area contributed by atoms with E-state index in [0.29, 0.717) is 5.16 Å². The van der Waals surface area contributed by atoms with E-state index in [-0.39, 0.29) is 18.3 Å². The molecular formula is C21H20N4O2S3. The zero-order valence-electron chi connectivity index (χ0n) is 16.6. The summed E-state index contributed by atoms with van der Waals surface area (Å²) in [6.07, 6.45) is 0. The van der Waals surface area contributed by atoms with Crippen LogP contribution in [0.1, 0.15) is 18.2 Å². The van der Waals surface area contributed by atoms with Gasteiger partial charge in [-0.2, -0.15) is 0 Å². The number of thiazole rings is 1. The molecule has 0 bridgehead atoms. The SMILES string of the molecule is CCn1c(SCC(=O)OCc2csc(-c3ccc(C)cc3)n2)nnc1-c1cccs1. The maximum Gasteiger partial charge on any atom is 0.316 e. The molecule has 3 heterocycles. The monoisotopic (exact) mass is 456 g/mol. The van der Waals surface area contributed by atoms with Crippen LogP contribution < -0.4 is 0 Å². The van der Waals surface area contributed by atoms with Gasteiger partial charge in [-0.05, 0) is 25.3 Å². The summed E-state index contributed by atoms with van der Waals surface area (Å²) in [6, 6.07) is 12.2. The van der Waals surface area contributed by atoms with Crippen LogP contribution in [0.25, 0.3) is 21.3 Å². The average molecular weight is 457 g/mol. The zero-order chi connectivity index (χ0) is 20.9. The quantitative estimate of drug-likeness (QED) is 0.265. The van der Waals surface area contributed by atoms with Crippen molar-refractivity contribution >= 4 is 40.4 Å². The van der Waals surface area contributed by atoms with E-state index in [1.807, 2.05) is 34.4 Å². The van der Waals surface area contributed by atoms with E-state index in [4.69, 9.17) is 4.74 Å². The average Bonchev–Trinajstić information content (AvgIpc) is 3.51. The molecule has 0 aliphatic heterocycles. The zero-order valence-corrected chi connectivity index (χ0v) is 19.0. The van der Waals surface area contributed by atoms with E-state index in [1.165, 1.54) is 17.3 Å². The number of thiophene rings is 1. The fourth-order valence-electron chi connectivity index (χ4n) is 2.79. The number of ether oxygens (including phenoxy) is 1. The number of esters is 1. The number of rotatable bonds is 8. The van der Waals surface area contributed by atoms with Crippen molar-refractivity contribution in [3.63, 3.8) is 0 Å². The molecule has 3 aromatic heterocycles. The smallest absolute Gasteiger partial charge is 0.316 e. The third kappa shape index (κ3) is 4.80. The van der Waals surface area contributed by atoms with E-state index in [2.05, 4.69) is 46.4 Å². The molecule has 0 saturated heterocycles. The lowest BCUT2D eigenvalue weighted by molar-refractivity contribution is -0.141. The van der Waals surface area contributed by atoms with Crippen molar-refractivity contribution in [1.29, 1.82) is 0 Å². The number of carbonyl (C=O) groups excluding carboxylic acids is 1. The van der Waals surface area contributed by atoms with Gasteiger partial charge >= 0.3 is 5.97 Å². The molecular weight excluding hydrogens is 436 g/mol. The topological polar surface area (TPSA) is 69.9 Å². The van der Waals surface area contributed by atoms with Gasteiger partial charge in [-0.1, -0.05) is 47.7 Å². The van der Waals surface area contributed by atoms with Gasteiger partial charge in [-0.15, -0.1) is 32.9 Å². The van der Waals surface area contributed by atoms with Crippen LogP contribution in [0.3, 0.4) is 0 Å². The molecule has 0 N–H and O–H groups in total. The summed E-state index contributed by atoms with van der Waals surface area (Å²) < 4.78 is 7.41. The van der Waals surface area contributed by atoms with Gasteiger partial charge in [0.1, 0.15) is 11.6 Å². The second-order valence-corrected chi connectivity index (χ2v) is 9.24. The lowest BCUT2D eigenvalue weighted by atomic mass is 10.2. The third-order valence-electron chi connectivity index (χ3n) is 4.33. The predicted molar refractivity (Wildman–Crippen MR) is 122 cm³/mol.